The molecule has 5 heteroatoms. The highest BCUT2D eigenvalue weighted by Crippen LogP contribution is 2.10. The van der Waals surface area contributed by atoms with Gasteiger partial charge in [0.2, 0.25) is 5.91 Å². The van der Waals surface area contributed by atoms with Gasteiger partial charge in [-0.05, 0) is 30.7 Å². The Morgan fingerprint density at radius 3 is 2.67 bits per heavy atom. The average Bonchev–Trinajstić information content (AvgIpc) is 2.34. The third-order valence-corrected chi connectivity index (χ3v) is 2.24. The van der Waals surface area contributed by atoms with Gasteiger partial charge in [0, 0.05) is 11.1 Å². The van der Waals surface area contributed by atoms with Crippen LogP contribution in [0.4, 0.5) is 0 Å². The zero-order valence-electron chi connectivity index (χ0n) is 10.1. The predicted molar refractivity (Wildman–Crippen MR) is 68.6 cm³/mol. The number of rotatable bonds is 3. The van der Waals surface area contributed by atoms with Gasteiger partial charge >= 0.3 is 0 Å². The van der Waals surface area contributed by atoms with E-state index in [9.17, 15) is 9.59 Å². The Bertz CT molecular complexity index is 527. The Labute approximate surface area is 106 Å². The molecule has 0 spiro atoms. The van der Waals surface area contributed by atoms with Gasteiger partial charge in [-0.15, -0.1) is 0 Å². The highest BCUT2D eigenvalue weighted by atomic mass is 16.2. The third kappa shape index (κ3) is 3.92. The van der Waals surface area contributed by atoms with Crippen molar-refractivity contribution in [3.63, 3.8) is 0 Å². The van der Waals surface area contributed by atoms with Crippen molar-refractivity contribution < 1.29 is 9.59 Å². The largest absolute Gasteiger partial charge is 0.368 e. The van der Waals surface area contributed by atoms with Crippen molar-refractivity contribution >= 4 is 11.8 Å². The molecule has 0 radical (unpaired) electrons. The minimum absolute atomic E-state index is 0.174. The van der Waals surface area contributed by atoms with Gasteiger partial charge in [-0.3, -0.25) is 9.59 Å². The Hall–Kier alpha value is -2.32. The van der Waals surface area contributed by atoms with E-state index >= 15 is 0 Å². The van der Waals surface area contributed by atoms with E-state index < -0.39 is 5.91 Å². The molecule has 0 aliphatic heterocycles. The van der Waals surface area contributed by atoms with Crippen LogP contribution in [0.1, 0.15) is 21.5 Å². The van der Waals surface area contributed by atoms with Crippen LogP contribution < -0.4 is 16.8 Å². The van der Waals surface area contributed by atoms with Crippen LogP contribution in [0.25, 0.3) is 0 Å². The van der Waals surface area contributed by atoms with E-state index in [1.54, 1.807) is 18.2 Å². The molecule has 0 saturated carbocycles. The van der Waals surface area contributed by atoms with Crippen LogP contribution in [0.2, 0.25) is 0 Å². The van der Waals surface area contributed by atoms with Crippen molar-refractivity contribution in [1.29, 1.82) is 0 Å². The van der Waals surface area contributed by atoms with Crippen LogP contribution in [0.15, 0.2) is 18.2 Å². The Morgan fingerprint density at radius 1 is 1.39 bits per heavy atom. The minimum atomic E-state index is -0.578. The molecule has 18 heavy (non-hydrogen) atoms. The number of carbonyl (C=O) groups excluding carboxylic acids is 2. The second kappa shape index (κ2) is 6.42. The molecule has 1 aromatic rings. The van der Waals surface area contributed by atoms with Gasteiger partial charge < -0.3 is 16.8 Å². The number of nitrogens with two attached hydrogens (primary N) is 2. The number of hydrogen-bond donors (Lipinski definition) is 3. The zero-order chi connectivity index (χ0) is 13.5. The first-order valence-electron chi connectivity index (χ1n) is 5.40. The number of nitrogens with one attached hydrogen (secondary N) is 1. The molecule has 94 valence electrons. The van der Waals surface area contributed by atoms with Crippen LogP contribution in [-0.4, -0.2) is 24.9 Å². The van der Waals surface area contributed by atoms with Crippen LogP contribution in [0, 0.1) is 18.8 Å². The van der Waals surface area contributed by atoms with E-state index in [4.69, 9.17) is 11.5 Å². The molecule has 0 saturated heterocycles. The maximum absolute atomic E-state index is 11.7. The highest BCUT2D eigenvalue weighted by molar-refractivity contribution is 5.96. The lowest BCUT2D eigenvalue weighted by molar-refractivity contribution is -0.117. The number of carbonyl (C=O) groups is 2. The van der Waals surface area contributed by atoms with Gasteiger partial charge in [0.05, 0.1) is 13.1 Å². The highest BCUT2D eigenvalue weighted by Gasteiger charge is 2.07. The summed E-state index contributed by atoms with van der Waals surface area (Å²) < 4.78 is 0. The van der Waals surface area contributed by atoms with Gasteiger partial charge in [0.15, 0.2) is 0 Å². The van der Waals surface area contributed by atoms with Gasteiger partial charge in [-0.1, -0.05) is 11.8 Å². The fourth-order valence-corrected chi connectivity index (χ4v) is 1.36. The summed E-state index contributed by atoms with van der Waals surface area (Å²) in [7, 11) is 0. The van der Waals surface area contributed by atoms with Crippen LogP contribution in [0.5, 0.6) is 0 Å². The van der Waals surface area contributed by atoms with Crippen molar-refractivity contribution in [2.75, 3.05) is 13.1 Å². The summed E-state index contributed by atoms with van der Waals surface area (Å²) in [5.74, 6) is 4.74. The fraction of sp³-hybridized carbons (Fsp3) is 0.231. The summed E-state index contributed by atoms with van der Waals surface area (Å²) in [5.41, 5.74) is 12.4. The van der Waals surface area contributed by atoms with Crippen molar-refractivity contribution in [3.05, 3.63) is 34.9 Å². The molecule has 5 nitrogen and oxygen atoms in total. The first-order chi connectivity index (χ1) is 8.54. The quantitative estimate of drug-likeness (QED) is 0.627. The number of benzene rings is 1. The second-order valence-electron chi connectivity index (χ2n) is 3.68. The second-order valence-corrected chi connectivity index (χ2v) is 3.68. The zero-order valence-corrected chi connectivity index (χ0v) is 10.1. The Kier molecular flexibility index (Phi) is 4.90. The molecule has 0 fully saturated rings. The van der Waals surface area contributed by atoms with Gasteiger partial charge in [0.1, 0.15) is 0 Å². The van der Waals surface area contributed by atoms with E-state index in [-0.39, 0.29) is 12.5 Å². The lowest BCUT2D eigenvalue weighted by Gasteiger charge is -2.05. The van der Waals surface area contributed by atoms with Crippen LogP contribution >= 0.6 is 0 Å². The lowest BCUT2D eigenvalue weighted by atomic mass is 10.0. The minimum Gasteiger partial charge on any atom is -0.368 e. The van der Waals surface area contributed by atoms with Gasteiger partial charge in [-0.25, -0.2) is 0 Å². The molecule has 1 aromatic carbocycles. The lowest BCUT2D eigenvalue weighted by Crippen LogP contribution is -2.33. The molecule has 0 bridgehead atoms. The Balaban J connectivity index is 2.83. The van der Waals surface area contributed by atoms with Crippen LogP contribution in [0.3, 0.4) is 0 Å². The molecule has 1 rings (SSSR count). The summed E-state index contributed by atoms with van der Waals surface area (Å²) in [6.45, 7) is 1.97. The van der Waals surface area contributed by atoms with E-state index in [0.717, 1.165) is 11.1 Å². The van der Waals surface area contributed by atoms with Gasteiger partial charge in [-0.2, -0.15) is 0 Å². The molecule has 0 heterocycles. The van der Waals surface area contributed by atoms with Crippen LogP contribution in [-0.2, 0) is 4.79 Å². The molecular weight excluding hydrogens is 230 g/mol. The fourth-order valence-electron chi connectivity index (χ4n) is 1.36. The molecule has 5 N–H and O–H groups in total. The van der Waals surface area contributed by atoms with E-state index in [1.807, 2.05) is 6.92 Å². The van der Waals surface area contributed by atoms with Crippen molar-refractivity contribution in [1.82, 2.24) is 5.32 Å². The topological polar surface area (TPSA) is 98.2 Å². The molecule has 2 amide bonds. The number of amides is 2. The number of primary amides is 1. The first-order valence-corrected chi connectivity index (χ1v) is 5.40. The maximum atomic E-state index is 11.7. The van der Waals surface area contributed by atoms with Crippen molar-refractivity contribution in [2.45, 2.75) is 6.92 Å². The standard InChI is InChI=1S/C13H15N3O2/c1-9-7-11(13(18)16-8-12(15)17)5-4-10(9)3-2-6-14/h4-5,7H,6,8,14H2,1H3,(H2,15,17)(H,16,18). The Morgan fingerprint density at radius 2 is 2.11 bits per heavy atom. The average molecular weight is 245 g/mol. The first kappa shape index (κ1) is 13.7. The monoisotopic (exact) mass is 245 g/mol. The summed E-state index contributed by atoms with van der Waals surface area (Å²) in [5, 5.41) is 2.42. The summed E-state index contributed by atoms with van der Waals surface area (Å²) in [6.07, 6.45) is 0. The summed E-state index contributed by atoms with van der Waals surface area (Å²) >= 11 is 0. The third-order valence-electron chi connectivity index (χ3n) is 2.24. The van der Waals surface area contributed by atoms with Crippen molar-refractivity contribution in [3.8, 4) is 11.8 Å². The van der Waals surface area contributed by atoms with Gasteiger partial charge in [0.25, 0.3) is 5.91 Å². The molecule has 0 atom stereocenters. The predicted octanol–water partition coefficient (Wildman–Crippen LogP) is -0.480. The molecule has 0 aliphatic rings. The van der Waals surface area contributed by atoms with Crippen molar-refractivity contribution in [2.24, 2.45) is 11.5 Å². The summed E-state index contributed by atoms with van der Waals surface area (Å²) in [4.78, 5) is 22.2. The molecular formula is C13H15N3O2. The maximum Gasteiger partial charge on any atom is 0.251 e. The normalized spacial score (nSPS) is 9.22. The SMILES string of the molecule is Cc1cc(C(=O)NCC(N)=O)ccc1C#CCN. The van der Waals surface area contributed by atoms with E-state index in [2.05, 4.69) is 17.2 Å². The number of aryl methyl sites for hydroxylation is 1. The smallest absolute Gasteiger partial charge is 0.251 e. The summed E-state index contributed by atoms with van der Waals surface area (Å²) in [6, 6.07) is 5.10. The molecule has 0 unspecified atom stereocenters. The number of hydrogen-bond acceptors (Lipinski definition) is 3. The van der Waals surface area contributed by atoms with E-state index in [0.29, 0.717) is 12.1 Å². The molecule has 0 aliphatic carbocycles. The van der Waals surface area contributed by atoms with E-state index in [1.165, 1.54) is 0 Å². The molecule has 0 aromatic heterocycles.